The first kappa shape index (κ1) is 8.32. The van der Waals surface area contributed by atoms with E-state index < -0.39 is 6.29 Å². The second-order valence-electron chi connectivity index (χ2n) is 3.40. The second-order valence-corrected chi connectivity index (χ2v) is 3.40. The first-order valence-electron chi connectivity index (χ1n) is 4.30. The van der Waals surface area contributed by atoms with Crippen molar-refractivity contribution in [2.24, 2.45) is 0 Å². The van der Waals surface area contributed by atoms with Gasteiger partial charge in [-0.05, 0) is 37.6 Å². The van der Waals surface area contributed by atoms with Gasteiger partial charge in [0.2, 0.25) is 6.29 Å². The molecule has 0 aliphatic carbocycles. The number of hydrogen-bond donors (Lipinski definition) is 1. The van der Waals surface area contributed by atoms with Gasteiger partial charge in [-0.1, -0.05) is 11.6 Å². The smallest absolute Gasteiger partial charge is 0.220 e. The zero-order valence-electron chi connectivity index (χ0n) is 7.74. The molecule has 0 saturated carbocycles. The zero-order chi connectivity index (χ0) is 9.42. The molecule has 1 aliphatic rings. The lowest BCUT2D eigenvalue weighted by Gasteiger charge is -2.21. The summed E-state index contributed by atoms with van der Waals surface area (Å²) in [5, 5.41) is 9.40. The van der Waals surface area contributed by atoms with Gasteiger partial charge in [0.1, 0.15) is 5.75 Å². The monoisotopic (exact) mass is 176 g/mol. The second kappa shape index (κ2) is 2.89. The van der Waals surface area contributed by atoms with Crippen LogP contribution >= 0.6 is 0 Å². The molecule has 13 heavy (non-hydrogen) atoms. The Morgan fingerprint density at radius 2 is 2.08 bits per heavy atom. The fourth-order valence-electron chi connectivity index (χ4n) is 1.42. The fourth-order valence-corrected chi connectivity index (χ4v) is 1.42. The molecular weight excluding hydrogens is 164 g/mol. The summed E-state index contributed by atoms with van der Waals surface area (Å²) in [6.45, 7) is 3.89. The topological polar surface area (TPSA) is 29.5 Å². The summed E-state index contributed by atoms with van der Waals surface area (Å²) in [7, 11) is 0. The Kier molecular flexibility index (Phi) is 1.85. The summed E-state index contributed by atoms with van der Waals surface area (Å²) in [6.07, 6.45) is 1.17. The standard InChI is InChI=1S/C11H12O2/c1-7-3-4-10-9(5-7)6-8(2)11(12)13-10/h3-6,11-12H,1-2H3. The van der Waals surface area contributed by atoms with Crippen LogP contribution in [-0.4, -0.2) is 11.4 Å². The van der Waals surface area contributed by atoms with Crippen LogP contribution in [0.15, 0.2) is 23.8 Å². The highest BCUT2D eigenvalue weighted by Crippen LogP contribution is 2.29. The Morgan fingerprint density at radius 1 is 1.31 bits per heavy atom. The van der Waals surface area contributed by atoms with Gasteiger partial charge in [0.15, 0.2) is 0 Å². The van der Waals surface area contributed by atoms with E-state index in [1.807, 2.05) is 38.1 Å². The minimum atomic E-state index is -0.782. The lowest BCUT2D eigenvalue weighted by Crippen LogP contribution is -2.20. The van der Waals surface area contributed by atoms with Crippen LogP contribution in [-0.2, 0) is 0 Å². The molecule has 1 aromatic carbocycles. The zero-order valence-corrected chi connectivity index (χ0v) is 7.74. The van der Waals surface area contributed by atoms with Gasteiger partial charge < -0.3 is 9.84 Å². The fraction of sp³-hybridized carbons (Fsp3) is 0.273. The number of rotatable bonds is 0. The number of fused-ring (bicyclic) bond motifs is 1. The first-order valence-corrected chi connectivity index (χ1v) is 4.30. The molecule has 0 amide bonds. The third kappa shape index (κ3) is 1.45. The van der Waals surface area contributed by atoms with E-state index in [0.29, 0.717) is 0 Å². The van der Waals surface area contributed by atoms with E-state index in [9.17, 15) is 5.11 Å². The molecule has 68 valence electrons. The highest BCUT2D eigenvalue weighted by atomic mass is 16.6. The number of aliphatic hydroxyl groups excluding tert-OH is 1. The molecule has 2 rings (SSSR count). The van der Waals surface area contributed by atoms with Crippen LogP contribution in [0.25, 0.3) is 6.08 Å². The van der Waals surface area contributed by atoms with Crippen molar-refractivity contribution in [3.63, 3.8) is 0 Å². The summed E-state index contributed by atoms with van der Waals surface area (Å²) >= 11 is 0. The van der Waals surface area contributed by atoms with Gasteiger partial charge in [-0.25, -0.2) is 0 Å². The van der Waals surface area contributed by atoms with Gasteiger partial charge >= 0.3 is 0 Å². The summed E-state index contributed by atoms with van der Waals surface area (Å²) in [5.74, 6) is 0.753. The van der Waals surface area contributed by atoms with Crippen LogP contribution in [0.1, 0.15) is 18.1 Å². The Labute approximate surface area is 77.5 Å². The van der Waals surface area contributed by atoms with Gasteiger partial charge in [-0.15, -0.1) is 0 Å². The van der Waals surface area contributed by atoms with E-state index in [0.717, 1.165) is 16.9 Å². The molecule has 1 atom stereocenters. The Bertz CT molecular complexity index is 366. The average molecular weight is 176 g/mol. The lowest BCUT2D eigenvalue weighted by atomic mass is 10.1. The third-order valence-electron chi connectivity index (χ3n) is 2.18. The van der Waals surface area contributed by atoms with Gasteiger partial charge in [-0.3, -0.25) is 0 Å². The summed E-state index contributed by atoms with van der Waals surface area (Å²) in [5.41, 5.74) is 3.09. The lowest BCUT2D eigenvalue weighted by molar-refractivity contribution is 0.0130. The van der Waals surface area contributed by atoms with Crippen molar-refractivity contribution < 1.29 is 9.84 Å². The summed E-state index contributed by atoms with van der Waals surface area (Å²) in [4.78, 5) is 0. The molecule has 1 aromatic rings. The molecule has 0 radical (unpaired) electrons. The number of benzene rings is 1. The van der Waals surface area contributed by atoms with Gasteiger partial charge in [0, 0.05) is 5.56 Å². The SMILES string of the molecule is CC1=Cc2cc(C)ccc2OC1O. The molecule has 0 fully saturated rings. The molecule has 1 N–H and O–H groups in total. The third-order valence-corrected chi connectivity index (χ3v) is 2.18. The molecule has 1 heterocycles. The van der Waals surface area contributed by atoms with Crippen LogP contribution in [0.3, 0.4) is 0 Å². The van der Waals surface area contributed by atoms with E-state index in [-0.39, 0.29) is 0 Å². The minimum Gasteiger partial charge on any atom is -0.461 e. The Hall–Kier alpha value is -1.28. The maximum Gasteiger partial charge on any atom is 0.220 e. The highest BCUT2D eigenvalue weighted by Gasteiger charge is 2.16. The largest absolute Gasteiger partial charge is 0.461 e. The quantitative estimate of drug-likeness (QED) is 0.656. The van der Waals surface area contributed by atoms with Crippen LogP contribution in [0, 0.1) is 6.92 Å². The molecule has 0 spiro atoms. The Balaban J connectivity index is 2.51. The minimum absolute atomic E-state index is 0.753. The van der Waals surface area contributed by atoms with Crippen molar-refractivity contribution in [3.8, 4) is 5.75 Å². The molecular formula is C11H12O2. The van der Waals surface area contributed by atoms with Crippen molar-refractivity contribution in [3.05, 3.63) is 34.9 Å². The normalized spacial score (nSPS) is 20.2. The predicted molar refractivity (Wildman–Crippen MR) is 51.5 cm³/mol. The molecule has 2 heteroatoms. The van der Waals surface area contributed by atoms with Crippen LogP contribution in [0.2, 0.25) is 0 Å². The molecule has 0 bridgehead atoms. The molecule has 2 nitrogen and oxygen atoms in total. The van der Waals surface area contributed by atoms with Crippen molar-refractivity contribution in [1.82, 2.24) is 0 Å². The Morgan fingerprint density at radius 3 is 2.85 bits per heavy atom. The maximum atomic E-state index is 9.40. The van der Waals surface area contributed by atoms with E-state index >= 15 is 0 Å². The van der Waals surface area contributed by atoms with Gasteiger partial charge in [-0.2, -0.15) is 0 Å². The summed E-state index contributed by atoms with van der Waals surface area (Å²) < 4.78 is 5.29. The number of hydrogen-bond acceptors (Lipinski definition) is 2. The van der Waals surface area contributed by atoms with Gasteiger partial charge in [0.25, 0.3) is 0 Å². The predicted octanol–water partition coefficient (Wildman–Crippen LogP) is 2.11. The van der Waals surface area contributed by atoms with Crippen LogP contribution in [0.5, 0.6) is 5.75 Å². The van der Waals surface area contributed by atoms with E-state index in [2.05, 4.69) is 0 Å². The van der Waals surface area contributed by atoms with Gasteiger partial charge in [0.05, 0.1) is 0 Å². The van der Waals surface area contributed by atoms with Crippen LogP contribution < -0.4 is 4.74 Å². The molecule has 0 aromatic heterocycles. The molecule has 1 unspecified atom stereocenters. The number of aliphatic hydroxyl groups is 1. The van der Waals surface area contributed by atoms with Crippen molar-refractivity contribution in [1.29, 1.82) is 0 Å². The van der Waals surface area contributed by atoms with Crippen molar-refractivity contribution >= 4 is 6.08 Å². The van der Waals surface area contributed by atoms with Crippen molar-refractivity contribution in [2.45, 2.75) is 20.1 Å². The van der Waals surface area contributed by atoms with E-state index in [1.54, 1.807) is 0 Å². The highest BCUT2D eigenvalue weighted by molar-refractivity contribution is 5.63. The number of aryl methyl sites for hydroxylation is 1. The molecule has 0 saturated heterocycles. The summed E-state index contributed by atoms with van der Waals surface area (Å²) in [6, 6.07) is 5.90. The van der Waals surface area contributed by atoms with E-state index in [1.165, 1.54) is 5.56 Å². The molecule has 1 aliphatic heterocycles. The van der Waals surface area contributed by atoms with E-state index in [4.69, 9.17) is 4.74 Å². The van der Waals surface area contributed by atoms with Crippen LogP contribution in [0.4, 0.5) is 0 Å². The number of ether oxygens (including phenoxy) is 1. The van der Waals surface area contributed by atoms with Crippen molar-refractivity contribution in [2.75, 3.05) is 0 Å². The average Bonchev–Trinajstić information content (AvgIpc) is 2.08. The first-order chi connectivity index (χ1) is 6.16. The maximum absolute atomic E-state index is 9.40.